The molecule has 3 rings (SSSR count). The Hall–Kier alpha value is -3.12. The molecule has 0 aliphatic heterocycles. The van der Waals surface area contributed by atoms with Crippen LogP contribution in [-0.4, -0.2) is 27.8 Å². The molecule has 0 radical (unpaired) electrons. The SMILES string of the molecule is COc1cc(Cl)cc(-c2ccccc2-n2cc(O)c(=O)c(C(C)=O)n2)c1. The number of ether oxygens (including phenoxy) is 1. The quantitative estimate of drug-likeness (QED) is 0.711. The van der Waals surface area contributed by atoms with E-state index in [1.807, 2.05) is 12.1 Å². The maximum Gasteiger partial charge on any atom is 0.252 e. The zero-order chi connectivity index (χ0) is 18.8. The van der Waals surface area contributed by atoms with E-state index in [1.54, 1.807) is 37.4 Å². The minimum atomic E-state index is -0.796. The normalized spacial score (nSPS) is 10.6. The second-order valence-corrected chi connectivity index (χ2v) is 6.03. The van der Waals surface area contributed by atoms with Gasteiger partial charge in [0.05, 0.1) is 19.0 Å². The molecule has 26 heavy (non-hydrogen) atoms. The minimum Gasteiger partial charge on any atom is -0.503 e. The zero-order valence-corrected chi connectivity index (χ0v) is 14.8. The number of para-hydroxylation sites is 1. The first-order chi connectivity index (χ1) is 12.4. The summed E-state index contributed by atoms with van der Waals surface area (Å²) < 4.78 is 6.56. The van der Waals surface area contributed by atoms with Crippen molar-refractivity contribution in [3.8, 4) is 28.3 Å². The predicted octanol–water partition coefficient (Wildman–Crippen LogP) is 3.47. The Kier molecular flexibility index (Phi) is 4.77. The fourth-order valence-corrected chi connectivity index (χ4v) is 2.81. The monoisotopic (exact) mass is 370 g/mol. The first-order valence-corrected chi connectivity index (χ1v) is 8.06. The van der Waals surface area contributed by atoms with E-state index in [9.17, 15) is 14.7 Å². The van der Waals surface area contributed by atoms with Gasteiger partial charge >= 0.3 is 0 Å². The van der Waals surface area contributed by atoms with Crippen molar-refractivity contribution in [1.82, 2.24) is 9.78 Å². The highest BCUT2D eigenvalue weighted by molar-refractivity contribution is 6.31. The molecular weight excluding hydrogens is 356 g/mol. The number of aromatic nitrogens is 2. The number of halogens is 1. The van der Waals surface area contributed by atoms with E-state index < -0.39 is 17.0 Å². The van der Waals surface area contributed by atoms with Gasteiger partial charge in [0.1, 0.15) is 5.75 Å². The van der Waals surface area contributed by atoms with E-state index in [2.05, 4.69) is 5.10 Å². The number of hydrogen-bond acceptors (Lipinski definition) is 5. The second kappa shape index (κ2) is 7.01. The van der Waals surface area contributed by atoms with E-state index in [0.29, 0.717) is 16.5 Å². The van der Waals surface area contributed by atoms with Gasteiger partial charge in [-0.05, 0) is 29.8 Å². The summed E-state index contributed by atoms with van der Waals surface area (Å²) in [5, 5.41) is 14.5. The van der Waals surface area contributed by atoms with Crippen LogP contribution in [0.25, 0.3) is 16.8 Å². The lowest BCUT2D eigenvalue weighted by atomic mass is 10.0. The van der Waals surface area contributed by atoms with Crippen LogP contribution in [0.5, 0.6) is 11.5 Å². The number of methoxy groups -OCH3 is 1. The maximum atomic E-state index is 11.9. The number of carbonyl (C=O) groups excluding carboxylic acids is 1. The molecule has 0 saturated heterocycles. The first kappa shape index (κ1) is 17.7. The van der Waals surface area contributed by atoms with Gasteiger partial charge in [0, 0.05) is 17.5 Å². The molecule has 7 heteroatoms. The summed E-state index contributed by atoms with van der Waals surface area (Å²) in [6.07, 6.45) is 1.18. The second-order valence-electron chi connectivity index (χ2n) is 5.59. The van der Waals surface area contributed by atoms with Crippen LogP contribution in [0.3, 0.4) is 0 Å². The summed E-state index contributed by atoms with van der Waals surface area (Å²) in [5.74, 6) is -0.493. The number of rotatable bonds is 4. The van der Waals surface area contributed by atoms with Crippen molar-refractivity contribution in [2.45, 2.75) is 6.92 Å². The molecule has 6 nitrogen and oxygen atoms in total. The third-order valence-corrected chi connectivity index (χ3v) is 4.02. The van der Waals surface area contributed by atoms with E-state index in [4.69, 9.17) is 16.3 Å². The van der Waals surface area contributed by atoms with E-state index in [1.165, 1.54) is 17.8 Å². The molecule has 0 saturated carbocycles. The van der Waals surface area contributed by atoms with Crippen LogP contribution in [0.1, 0.15) is 17.4 Å². The molecule has 0 aliphatic carbocycles. The van der Waals surface area contributed by atoms with E-state index in [-0.39, 0.29) is 5.69 Å². The Labute approximate surface area is 154 Å². The number of nitrogens with zero attached hydrogens (tertiary/aromatic N) is 2. The van der Waals surface area contributed by atoms with Gasteiger partial charge < -0.3 is 9.84 Å². The average molecular weight is 371 g/mol. The van der Waals surface area contributed by atoms with Crippen LogP contribution in [0, 0.1) is 0 Å². The third-order valence-electron chi connectivity index (χ3n) is 3.80. The summed E-state index contributed by atoms with van der Waals surface area (Å²) in [5.41, 5.74) is 0.932. The molecule has 0 spiro atoms. The van der Waals surface area contributed by atoms with Gasteiger partial charge in [0.25, 0.3) is 5.43 Å². The molecule has 3 aromatic rings. The molecule has 0 unspecified atom stereocenters. The molecule has 1 heterocycles. The van der Waals surface area contributed by atoms with E-state index in [0.717, 1.165) is 11.1 Å². The zero-order valence-electron chi connectivity index (χ0n) is 14.1. The largest absolute Gasteiger partial charge is 0.503 e. The molecular formula is C19H15ClN2O4. The molecule has 0 aliphatic rings. The average Bonchev–Trinajstić information content (AvgIpc) is 2.63. The number of ketones is 1. The highest BCUT2D eigenvalue weighted by Crippen LogP contribution is 2.32. The lowest BCUT2D eigenvalue weighted by Crippen LogP contribution is -2.20. The number of hydrogen-bond donors (Lipinski definition) is 1. The molecule has 0 amide bonds. The van der Waals surface area contributed by atoms with Gasteiger partial charge in [-0.25, -0.2) is 4.68 Å². The lowest BCUT2D eigenvalue weighted by Gasteiger charge is -2.14. The fourth-order valence-electron chi connectivity index (χ4n) is 2.59. The summed E-state index contributed by atoms with van der Waals surface area (Å²) in [7, 11) is 1.54. The Bertz CT molecular complexity index is 1060. The van der Waals surface area contributed by atoms with Crippen molar-refractivity contribution in [2.24, 2.45) is 0 Å². The third kappa shape index (κ3) is 3.32. The topological polar surface area (TPSA) is 81.4 Å². The molecule has 0 bridgehead atoms. The van der Waals surface area contributed by atoms with Crippen LogP contribution >= 0.6 is 11.6 Å². The standard InChI is InChI=1S/C19H15ClN2O4/c1-11(23)18-19(25)17(24)10-22(21-18)16-6-4-3-5-15(16)12-7-13(20)9-14(8-12)26-2/h3-10,24H,1-2H3. The van der Waals surface area contributed by atoms with Crippen LogP contribution in [0.4, 0.5) is 0 Å². The molecule has 0 atom stereocenters. The van der Waals surface area contributed by atoms with Gasteiger partial charge in [0.15, 0.2) is 17.2 Å². The van der Waals surface area contributed by atoms with Gasteiger partial charge in [0.2, 0.25) is 0 Å². The lowest BCUT2D eigenvalue weighted by molar-refractivity contribution is 0.100. The number of aromatic hydroxyl groups is 1. The van der Waals surface area contributed by atoms with Crippen molar-refractivity contribution in [3.63, 3.8) is 0 Å². The molecule has 132 valence electrons. The Morgan fingerprint density at radius 3 is 2.65 bits per heavy atom. The molecule has 2 aromatic carbocycles. The van der Waals surface area contributed by atoms with E-state index >= 15 is 0 Å². The van der Waals surface area contributed by atoms with Crippen molar-refractivity contribution in [1.29, 1.82) is 0 Å². The van der Waals surface area contributed by atoms with Gasteiger partial charge in [-0.2, -0.15) is 5.10 Å². The summed E-state index contributed by atoms with van der Waals surface area (Å²) in [6, 6.07) is 12.5. The minimum absolute atomic E-state index is 0.330. The van der Waals surface area contributed by atoms with Crippen molar-refractivity contribution in [3.05, 3.63) is 69.6 Å². The summed E-state index contributed by atoms with van der Waals surface area (Å²) in [6.45, 7) is 1.22. The van der Waals surface area contributed by atoms with Crippen LogP contribution in [0.2, 0.25) is 5.02 Å². The highest BCUT2D eigenvalue weighted by Gasteiger charge is 2.16. The van der Waals surface area contributed by atoms with Crippen LogP contribution in [-0.2, 0) is 0 Å². The van der Waals surface area contributed by atoms with Gasteiger partial charge in [-0.15, -0.1) is 0 Å². The van der Waals surface area contributed by atoms with Crippen molar-refractivity contribution >= 4 is 17.4 Å². The molecule has 0 fully saturated rings. The smallest absolute Gasteiger partial charge is 0.252 e. The van der Waals surface area contributed by atoms with Crippen LogP contribution < -0.4 is 10.2 Å². The Morgan fingerprint density at radius 1 is 1.23 bits per heavy atom. The Balaban J connectivity index is 2.25. The highest BCUT2D eigenvalue weighted by atomic mass is 35.5. The fraction of sp³-hybridized carbons (Fsp3) is 0.105. The summed E-state index contributed by atoms with van der Waals surface area (Å²) >= 11 is 6.16. The van der Waals surface area contributed by atoms with Crippen molar-refractivity contribution in [2.75, 3.05) is 7.11 Å². The predicted molar refractivity (Wildman–Crippen MR) is 98.5 cm³/mol. The first-order valence-electron chi connectivity index (χ1n) is 7.69. The number of carbonyl (C=O) groups is 1. The van der Waals surface area contributed by atoms with Crippen molar-refractivity contribution < 1.29 is 14.6 Å². The molecule has 1 aromatic heterocycles. The number of benzene rings is 2. The maximum absolute atomic E-state index is 11.9. The molecule has 1 N–H and O–H groups in total. The Morgan fingerprint density at radius 2 is 1.96 bits per heavy atom. The van der Waals surface area contributed by atoms with Crippen LogP contribution in [0.15, 0.2) is 53.5 Å². The van der Waals surface area contributed by atoms with Gasteiger partial charge in [-0.1, -0.05) is 29.8 Å². The summed E-state index contributed by atoms with van der Waals surface area (Å²) in [4.78, 5) is 23.6. The number of Topliss-reactive ketones (excluding diaryl/α,β-unsaturated/α-hetero) is 1. The van der Waals surface area contributed by atoms with Gasteiger partial charge in [-0.3, -0.25) is 9.59 Å².